The summed E-state index contributed by atoms with van der Waals surface area (Å²) in [6.07, 6.45) is 1.98. The number of hydrogen-bond donors (Lipinski definition) is 1. The molecule has 0 saturated carbocycles. The van der Waals surface area contributed by atoms with Crippen molar-refractivity contribution < 1.29 is 9.53 Å². The van der Waals surface area contributed by atoms with E-state index in [1.807, 2.05) is 32.9 Å². The van der Waals surface area contributed by atoms with Crippen LogP contribution in [-0.4, -0.2) is 36.2 Å². The topological polar surface area (TPSA) is 41.6 Å². The van der Waals surface area contributed by atoms with Gasteiger partial charge in [-0.2, -0.15) is 0 Å². The molecule has 128 valence electrons. The Morgan fingerprint density at radius 3 is 2.70 bits per heavy atom. The highest BCUT2D eigenvalue weighted by molar-refractivity contribution is 6.30. The molecule has 1 unspecified atom stereocenters. The van der Waals surface area contributed by atoms with Crippen molar-refractivity contribution in [2.45, 2.75) is 45.8 Å². The summed E-state index contributed by atoms with van der Waals surface area (Å²) in [5.74, 6) is 0.476. The van der Waals surface area contributed by atoms with Crippen molar-refractivity contribution in [3.05, 3.63) is 34.9 Å². The van der Waals surface area contributed by atoms with Crippen LogP contribution in [-0.2, 0) is 11.3 Å². The number of carbonyl (C=O) groups excluding carboxylic acids is 1. The third-order valence-electron chi connectivity index (χ3n) is 3.86. The molecule has 1 amide bonds. The Kier molecular flexibility index (Phi) is 6.31. The summed E-state index contributed by atoms with van der Waals surface area (Å²) in [5, 5.41) is 3.67. The molecule has 1 saturated heterocycles. The molecule has 1 N–H and O–H groups in total. The second kappa shape index (κ2) is 8.02. The molecule has 4 nitrogen and oxygen atoms in total. The molecule has 0 aromatic heterocycles. The number of rotatable bonds is 4. The largest absolute Gasteiger partial charge is 0.444 e. The predicted octanol–water partition coefficient (Wildman–Crippen LogP) is 4.08. The Balaban J connectivity index is 1.77. The van der Waals surface area contributed by atoms with E-state index in [-0.39, 0.29) is 6.09 Å². The van der Waals surface area contributed by atoms with Crippen LogP contribution >= 0.6 is 11.6 Å². The summed E-state index contributed by atoms with van der Waals surface area (Å²) in [7, 11) is 0. The zero-order valence-corrected chi connectivity index (χ0v) is 15.0. The normalized spacial score (nSPS) is 19.4. The van der Waals surface area contributed by atoms with Gasteiger partial charge in [0.25, 0.3) is 0 Å². The summed E-state index contributed by atoms with van der Waals surface area (Å²) in [6.45, 7) is 9.33. The first kappa shape index (κ1) is 18.1. The van der Waals surface area contributed by atoms with Gasteiger partial charge >= 0.3 is 6.09 Å². The monoisotopic (exact) mass is 338 g/mol. The molecule has 2 rings (SSSR count). The Labute approximate surface area is 144 Å². The van der Waals surface area contributed by atoms with Crippen LogP contribution in [0.5, 0.6) is 0 Å². The van der Waals surface area contributed by atoms with Crippen LogP contribution in [0.2, 0.25) is 5.02 Å². The van der Waals surface area contributed by atoms with E-state index in [9.17, 15) is 4.79 Å². The lowest BCUT2D eigenvalue weighted by molar-refractivity contribution is 0.0506. The van der Waals surface area contributed by atoms with Crippen molar-refractivity contribution in [1.29, 1.82) is 0 Å². The number of ether oxygens (including phenoxy) is 1. The van der Waals surface area contributed by atoms with Crippen LogP contribution in [0.15, 0.2) is 24.3 Å². The molecule has 0 radical (unpaired) electrons. The van der Waals surface area contributed by atoms with E-state index in [0.717, 1.165) is 37.5 Å². The molecule has 5 heteroatoms. The van der Waals surface area contributed by atoms with E-state index < -0.39 is 5.60 Å². The zero-order chi connectivity index (χ0) is 16.9. The van der Waals surface area contributed by atoms with Gasteiger partial charge in [0.15, 0.2) is 0 Å². The van der Waals surface area contributed by atoms with Crippen molar-refractivity contribution in [2.75, 3.05) is 19.6 Å². The summed E-state index contributed by atoms with van der Waals surface area (Å²) in [6, 6.07) is 8.01. The fourth-order valence-corrected chi connectivity index (χ4v) is 2.98. The zero-order valence-electron chi connectivity index (χ0n) is 14.3. The third-order valence-corrected chi connectivity index (χ3v) is 4.11. The maximum atomic E-state index is 11.7. The summed E-state index contributed by atoms with van der Waals surface area (Å²) >= 11 is 5.93. The highest BCUT2D eigenvalue weighted by Crippen LogP contribution is 2.19. The highest BCUT2D eigenvalue weighted by atomic mass is 35.5. The molecule has 1 aliphatic heterocycles. The van der Waals surface area contributed by atoms with Crippen molar-refractivity contribution in [3.8, 4) is 0 Å². The molecule has 1 aromatic carbocycles. The van der Waals surface area contributed by atoms with Crippen molar-refractivity contribution in [1.82, 2.24) is 10.2 Å². The molecule has 0 spiro atoms. The molecule has 1 aromatic rings. The molecule has 1 aliphatic rings. The molecule has 1 atom stereocenters. The second-order valence-corrected chi connectivity index (χ2v) is 7.69. The maximum absolute atomic E-state index is 11.7. The first-order valence-corrected chi connectivity index (χ1v) is 8.63. The van der Waals surface area contributed by atoms with Crippen LogP contribution in [0.1, 0.15) is 39.2 Å². The van der Waals surface area contributed by atoms with Gasteiger partial charge in [-0.15, -0.1) is 0 Å². The number of halogens is 1. The molecule has 0 bridgehead atoms. The highest BCUT2D eigenvalue weighted by Gasteiger charge is 2.22. The van der Waals surface area contributed by atoms with Gasteiger partial charge < -0.3 is 10.1 Å². The van der Waals surface area contributed by atoms with Gasteiger partial charge in [0.2, 0.25) is 0 Å². The Bertz CT molecular complexity index is 511. The smallest absolute Gasteiger partial charge is 0.407 e. The molecule has 0 aliphatic carbocycles. The first-order chi connectivity index (χ1) is 10.8. The van der Waals surface area contributed by atoms with E-state index in [1.165, 1.54) is 5.56 Å². The number of benzene rings is 1. The van der Waals surface area contributed by atoms with Crippen LogP contribution < -0.4 is 5.32 Å². The van der Waals surface area contributed by atoms with Gasteiger partial charge in [0.05, 0.1) is 0 Å². The number of amides is 1. The first-order valence-electron chi connectivity index (χ1n) is 8.25. The second-order valence-electron chi connectivity index (χ2n) is 7.25. The minimum atomic E-state index is -0.447. The third kappa shape index (κ3) is 6.80. The van der Waals surface area contributed by atoms with E-state index in [0.29, 0.717) is 12.5 Å². The fourth-order valence-electron chi connectivity index (χ4n) is 2.85. The van der Waals surface area contributed by atoms with Gasteiger partial charge in [-0.3, -0.25) is 4.90 Å². The molecular formula is C18H27ClN2O2. The minimum absolute atomic E-state index is 0.327. The van der Waals surface area contributed by atoms with Gasteiger partial charge in [0.1, 0.15) is 5.60 Å². The SMILES string of the molecule is CC(C)(C)OC(=O)NCC1CCCN(Cc2ccc(Cl)cc2)C1. The fraction of sp³-hybridized carbons (Fsp3) is 0.611. The molecule has 23 heavy (non-hydrogen) atoms. The van der Waals surface area contributed by atoms with Crippen LogP contribution in [0.25, 0.3) is 0 Å². The lowest BCUT2D eigenvalue weighted by Gasteiger charge is -2.33. The van der Waals surface area contributed by atoms with Crippen LogP contribution in [0, 0.1) is 5.92 Å². The van der Waals surface area contributed by atoms with Gasteiger partial charge in [-0.25, -0.2) is 4.79 Å². The van der Waals surface area contributed by atoms with Gasteiger partial charge in [0, 0.05) is 24.7 Å². The average Bonchev–Trinajstić information content (AvgIpc) is 2.46. The molecular weight excluding hydrogens is 312 g/mol. The van der Waals surface area contributed by atoms with E-state index >= 15 is 0 Å². The summed E-state index contributed by atoms with van der Waals surface area (Å²) in [4.78, 5) is 14.2. The Morgan fingerprint density at radius 2 is 2.04 bits per heavy atom. The van der Waals surface area contributed by atoms with E-state index in [1.54, 1.807) is 0 Å². The van der Waals surface area contributed by atoms with Crippen molar-refractivity contribution >= 4 is 17.7 Å². The Morgan fingerprint density at radius 1 is 1.35 bits per heavy atom. The standard InChI is InChI=1S/C18H27ClN2O2/c1-18(2,3)23-17(22)20-11-15-5-4-10-21(13-15)12-14-6-8-16(19)9-7-14/h6-9,15H,4-5,10-13H2,1-3H3,(H,20,22). The van der Waals surface area contributed by atoms with Crippen LogP contribution in [0.3, 0.4) is 0 Å². The van der Waals surface area contributed by atoms with E-state index in [4.69, 9.17) is 16.3 Å². The number of hydrogen-bond acceptors (Lipinski definition) is 3. The quantitative estimate of drug-likeness (QED) is 0.899. The predicted molar refractivity (Wildman–Crippen MR) is 93.7 cm³/mol. The molecule has 1 fully saturated rings. The number of nitrogens with zero attached hydrogens (tertiary/aromatic N) is 1. The lowest BCUT2D eigenvalue weighted by Crippen LogP contribution is -2.41. The number of carbonyl (C=O) groups is 1. The van der Waals surface area contributed by atoms with Gasteiger partial charge in [-0.1, -0.05) is 23.7 Å². The summed E-state index contributed by atoms with van der Waals surface area (Å²) < 4.78 is 5.29. The average molecular weight is 339 g/mol. The number of likely N-dealkylation sites (tertiary alicyclic amines) is 1. The number of piperidine rings is 1. The Hall–Kier alpha value is -1.26. The van der Waals surface area contributed by atoms with Crippen molar-refractivity contribution in [3.63, 3.8) is 0 Å². The van der Waals surface area contributed by atoms with Crippen molar-refractivity contribution in [2.24, 2.45) is 5.92 Å². The minimum Gasteiger partial charge on any atom is -0.444 e. The number of nitrogens with one attached hydrogen (secondary N) is 1. The lowest BCUT2D eigenvalue weighted by atomic mass is 9.97. The maximum Gasteiger partial charge on any atom is 0.407 e. The van der Waals surface area contributed by atoms with E-state index in [2.05, 4.69) is 22.3 Å². The molecule has 1 heterocycles. The van der Waals surface area contributed by atoms with Gasteiger partial charge in [-0.05, 0) is 63.8 Å². The van der Waals surface area contributed by atoms with Crippen LogP contribution in [0.4, 0.5) is 4.79 Å². The number of alkyl carbamates (subject to hydrolysis) is 1. The summed E-state index contributed by atoms with van der Waals surface area (Å²) in [5.41, 5.74) is 0.826.